The minimum absolute atomic E-state index is 0.429. The van der Waals surface area contributed by atoms with Crippen LogP contribution in [0.1, 0.15) is 32.2 Å². The predicted octanol–water partition coefficient (Wildman–Crippen LogP) is 3.78. The van der Waals surface area contributed by atoms with Gasteiger partial charge in [-0.05, 0) is 38.7 Å². The first-order valence-corrected chi connectivity index (χ1v) is 8.14. The molecule has 104 valence electrons. The van der Waals surface area contributed by atoms with Gasteiger partial charge in [-0.25, -0.2) is 4.98 Å². The summed E-state index contributed by atoms with van der Waals surface area (Å²) in [5.41, 5.74) is 8.00. The SMILES string of the molecule is CCCN(c1snc(N)c1-c1csc(C)n1)C(C)C. The second-order valence-corrected chi connectivity index (χ2v) is 6.60. The average Bonchev–Trinajstić information content (AvgIpc) is 2.92. The Morgan fingerprint density at radius 3 is 2.68 bits per heavy atom. The highest BCUT2D eigenvalue weighted by Crippen LogP contribution is 2.40. The Kier molecular flexibility index (Phi) is 4.42. The van der Waals surface area contributed by atoms with E-state index in [0.29, 0.717) is 11.9 Å². The third-order valence-corrected chi connectivity index (χ3v) is 4.60. The molecule has 2 heterocycles. The highest BCUT2D eigenvalue weighted by Gasteiger charge is 2.22. The fraction of sp³-hybridized carbons (Fsp3) is 0.538. The van der Waals surface area contributed by atoms with Gasteiger partial charge in [-0.3, -0.25) is 0 Å². The van der Waals surface area contributed by atoms with E-state index >= 15 is 0 Å². The molecule has 0 saturated carbocycles. The van der Waals surface area contributed by atoms with Gasteiger partial charge in [0.1, 0.15) is 10.8 Å². The lowest BCUT2D eigenvalue weighted by Gasteiger charge is -2.27. The fourth-order valence-electron chi connectivity index (χ4n) is 2.04. The number of thiazole rings is 1. The summed E-state index contributed by atoms with van der Waals surface area (Å²) in [5.74, 6) is 0.590. The molecule has 0 aliphatic heterocycles. The molecule has 0 fully saturated rings. The van der Waals surface area contributed by atoms with Gasteiger partial charge in [0.15, 0.2) is 0 Å². The van der Waals surface area contributed by atoms with E-state index < -0.39 is 0 Å². The van der Waals surface area contributed by atoms with E-state index in [1.165, 1.54) is 11.5 Å². The summed E-state index contributed by atoms with van der Waals surface area (Å²) in [7, 11) is 0. The number of aryl methyl sites for hydroxylation is 1. The summed E-state index contributed by atoms with van der Waals surface area (Å²) in [5, 5.41) is 4.25. The molecule has 0 aliphatic carbocycles. The molecule has 0 radical (unpaired) electrons. The molecular formula is C13H20N4S2. The summed E-state index contributed by atoms with van der Waals surface area (Å²) >= 11 is 3.12. The van der Waals surface area contributed by atoms with Crippen LogP contribution in [0.5, 0.6) is 0 Å². The molecular weight excluding hydrogens is 276 g/mol. The number of anilines is 2. The second-order valence-electron chi connectivity index (χ2n) is 4.79. The zero-order valence-corrected chi connectivity index (χ0v) is 13.4. The van der Waals surface area contributed by atoms with E-state index in [9.17, 15) is 0 Å². The van der Waals surface area contributed by atoms with Crippen LogP contribution in [0.15, 0.2) is 5.38 Å². The second kappa shape index (κ2) is 5.88. The van der Waals surface area contributed by atoms with Gasteiger partial charge in [0.25, 0.3) is 0 Å². The lowest BCUT2D eigenvalue weighted by molar-refractivity contribution is 0.677. The van der Waals surface area contributed by atoms with E-state index in [4.69, 9.17) is 5.73 Å². The third-order valence-electron chi connectivity index (χ3n) is 2.92. The molecule has 2 rings (SSSR count). The Morgan fingerprint density at radius 1 is 1.42 bits per heavy atom. The molecule has 0 aromatic carbocycles. The molecule has 2 aromatic rings. The van der Waals surface area contributed by atoms with Gasteiger partial charge in [-0.1, -0.05) is 6.92 Å². The molecule has 19 heavy (non-hydrogen) atoms. The van der Waals surface area contributed by atoms with E-state index in [1.807, 2.05) is 6.92 Å². The van der Waals surface area contributed by atoms with Crippen LogP contribution in [0.25, 0.3) is 11.3 Å². The molecule has 0 saturated heterocycles. The van der Waals surface area contributed by atoms with Crippen LogP contribution in [0.2, 0.25) is 0 Å². The number of hydrogen-bond acceptors (Lipinski definition) is 6. The van der Waals surface area contributed by atoms with Crippen molar-refractivity contribution in [3.05, 3.63) is 10.4 Å². The fourth-order valence-corrected chi connectivity index (χ4v) is 3.63. The lowest BCUT2D eigenvalue weighted by atomic mass is 10.2. The molecule has 4 nitrogen and oxygen atoms in total. The summed E-state index contributed by atoms with van der Waals surface area (Å²) in [4.78, 5) is 6.91. The Labute approximate surface area is 122 Å². The number of nitrogen functional groups attached to an aromatic ring is 1. The molecule has 6 heteroatoms. The Balaban J connectivity index is 2.47. The number of aromatic nitrogens is 2. The van der Waals surface area contributed by atoms with Crippen molar-refractivity contribution in [2.45, 2.75) is 40.2 Å². The standard InChI is InChI=1S/C13H20N4S2/c1-5-6-17(8(2)3)13-11(12(14)16-19-13)10-7-18-9(4)15-10/h7-8H,5-6H2,1-4H3,(H2,14,16). The average molecular weight is 296 g/mol. The number of hydrogen-bond donors (Lipinski definition) is 1. The van der Waals surface area contributed by atoms with Crippen molar-refractivity contribution in [1.82, 2.24) is 9.36 Å². The molecule has 0 spiro atoms. The quantitative estimate of drug-likeness (QED) is 0.912. The maximum Gasteiger partial charge on any atom is 0.148 e. The zero-order chi connectivity index (χ0) is 14.0. The van der Waals surface area contributed by atoms with E-state index in [0.717, 1.165) is 34.2 Å². The van der Waals surface area contributed by atoms with Crippen LogP contribution in [0, 0.1) is 6.92 Å². The molecule has 0 amide bonds. The van der Waals surface area contributed by atoms with Gasteiger partial charge >= 0.3 is 0 Å². The Bertz CT molecular complexity index is 545. The lowest BCUT2D eigenvalue weighted by Crippen LogP contribution is -2.31. The van der Waals surface area contributed by atoms with Crippen molar-refractivity contribution < 1.29 is 0 Å². The number of nitrogens with two attached hydrogens (primary N) is 1. The van der Waals surface area contributed by atoms with Crippen molar-refractivity contribution in [2.24, 2.45) is 0 Å². The first kappa shape index (κ1) is 14.3. The van der Waals surface area contributed by atoms with Crippen molar-refractivity contribution in [2.75, 3.05) is 17.2 Å². The molecule has 0 atom stereocenters. The van der Waals surface area contributed by atoms with Gasteiger partial charge in [-0.2, -0.15) is 4.37 Å². The Hall–Kier alpha value is -1.14. The molecule has 0 aliphatic rings. The monoisotopic (exact) mass is 296 g/mol. The van der Waals surface area contributed by atoms with Crippen molar-refractivity contribution in [1.29, 1.82) is 0 Å². The van der Waals surface area contributed by atoms with E-state index in [1.54, 1.807) is 11.3 Å². The zero-order valence-electron chi connectivity index (χ0n) is 11.8. The summed E-state index contributed by atoms with van der Waals surface area (Å²) in [6, 6.07) is 0.429. The van der Waals surface area contributed by atoms with E-state index in [-0.39, 0.29) is 0 Å². The Morgan fingerprint density at radius 2 is 2.16 bits per heavy atom. The minimum atomic E-state index is 0.429. The van der Waals surface area contributed by atoms with Crippen LogP contribution in [0.3, 0.4) is 0 Å². The predicted molar refractivity (Wildman–Crippen MR) is 85.1 cm³/mol. The topological polar surface area (TPSA) is 55.0 Å². The van der Waals surface area contributed by atoms with Crippen LogP contribution >= 0.6 is 22.9 Å². The van der Waals surface area contributed by atoms with Gasteiger partial charge in [0, 0.05) is 18.0 Å². The maximum absolute atomic E-state index is 6.05. The van der Waals surface area contributed by atoms with Gasteiger partial charge in [0.2, 0.25) is 0 Å². The van der Waals surface area contributed by atoms with Crippen LogP contribution in [0.4, 0.5) is 10.8 Å². The maximum atomic E-state index is 6.05. The molecule has 2 aromatic heterocycles. The highest BCUT2D eigenvalue weighted by atomic mass is 32.1. The van der Waals surface area contributed by atoms with Crippen molar-refractivity contribution in [3.8, 4) is 11.3 Å². The largest absolute Gasteiger partial charge is 0.382 e. The first-order valence-electron chi connectivity index (χ1n) is 6.48. The van der Waals surface area contributed by atoms with Gasteiger partial charge < -0.3 is 10.6 Å². The van der Waals surface area contributed by atoms with Crippen molar-refractivity contribution in [3.63, 3.8) is 0 Å². The molecule has 2 N–H and O–H groups in total. The summed E-state index contributed by atoms with van der Waals surface area (Å²) in [6.07, 6.45) is 1.10. The van der Waals surface area contributed by atoms with Crippen LogP contribution < -0.4 is 10.6 Å². The molecule has 0 bridgehead atoms. The van der Waals surface area contributed by atoms with Crippen LogP contribution in [-0.2, 0) is 0 Å². The van der Waals surface area contributed by atoms with Crippen LogP contribution in [-0.4, -0.2) is 21.9 Å². The van der Waals surface area contributed by atoms with Gasteiger partial charge in [-0.15, -0.1) is 11.3 Å². The summed E-state index contributed by atoms with van der Waals surface area (Å²) in [6.45, 7) is 9.60. The summed E-state index contributed by atoms with van der Waals surface area (Å²) < 4.78 is 4.33. The first-order chi connectivity index (χ1) is 9.04. The minimum Gasteiger partial charge on any atom is -0.382 e. The normalized spacial score (nSPS) is 11.2. The highest BCUT2D eigenvalue weighted by molar-refractivity contribution is 7.11. The van der Waals surface area contributed by atoms with Gasteiger partial charge in [0.05, 0.1) is 16.3 Å². The van der Waals surface area contributed by atoms with Crippen molar-refractivity contribution >= 4 is 33.7 Å². The molecule has 0 unspecified atom stereocenters. The number of nitrogens with zero attached hydrogens (tertiary/aromatic N) is 3. The van der Waals surface area contributed by atoms with E-state index in [2.05, 4.69) is 40.4 Å². The number of rotatable bonds is 5. The third kappa shape index (κ3) is 2.90. The smallest absolute Gasteiger partial charge is 0.148 e.